The number of hydrogen-bond donors (Lipinski definition) is 2. The van der Waals surface area contributed by atoms with Crippen LogP contribution in [0.1, 0.15) is 27.2 Å². The van der Waals surface area contributed by atoms with E-state index in [4.69, 9.17) is 5.11 Å². The van der Waals surface area contributed by atoms with E-state index in [1.54, 1.807) is 12.1 Å². The summed E-state index contributed by atoms with van der Waals surface area (Å²) in [6.45, 7) is 2.03. The number of aromatic nitrogens is 1. The lowest BCUT2D eigenvalue weighted by Crippen LogP contribution is -1.95. The van der Waals surface area contributed by atoms with E-state index in [2.05, 4.69) is 17.1 Å². The summed E-state index contributed by atoms with van der Waals surface area (Å²) in [5.41, 5.74) is 4.78. The van der Waals surface area contributed by atoms with Crippen molar-refractivity contribution in [2.45, 2.75) is 13.3 Å². The molecule has 0 saturated carbocycles. The number of carbonyl (C=O) groups is 1. The predicted molar refractivity (Wildman–Crippen MR) is 79.2 cm³/mol. The zero-order valence-corrected chi connectivity index (χ0v) is 11.2. The maximum atomic E-state index is 11.1. The van der Waals surface area contributed by atoms with Crippen molar-refractivity contribution in [3.05, 3.63) is 70.9 Å². The molecule has 0 bridgehead atoms. The average molecular weight is 265 g/mol. The molecule has 1 aromatic heterocycles. The maximum Gasteiger partial charge on any atom is 0.335 e. The van der Waals surface area contributed by atoms with Crippen LogP contribution in [0.5, 0.6) is 0 Å². The Hall–Kier alpha value is -2.55. The van der Waals surface area contributed by atoms with E-state index >= 15 is 0 Å². The molecule has 1 heterocycles. The van der Waals surface area contributed by atoms with Gasteiger partial charge in [-0.1, -0.05) is 30.3 Å². The molecular weight excluding hydrogens is 250 g/mol. The number of aromatic carboxylic acids is 1. The van der Waals surface area contributed by atoms with E-state index in [1.165, 1.54) is 5.56 Å². The average Bonchev–Trinajstić information content (AvgIpc) is 2.75. The minimum absolute atomic E-state index is 0.325. The molecule has 0 saturated heterocycles. The fourth-order valence-corrected chi connectivity index (χ4v) is 2.54. The topological polar surface area (TPSA) is 53.1 Å². The highest BCUT2D eigenvalue weighted by atomic mass is 16.4. The van der Waals surface area contributed by atoms with Crippen molar-refractivity contribution in [1.29, 1.82) is 0 Å². The van der Waals surface area contributed by atoms with Gasteiger partial charge in [-0.15, -0.1) is 0 Å². The van der Waals surface area contributed by atoms with Crippen LogP contribution in [0.15, 0.2) is 48.5 Å². The lowest BCUT2D eigenvalue weighted by molar-refractivity contribution is 0.0697. The van der Waals surface area contributed by atoms with Gasteiger partial charge in [0.25, 0.3) is 0 Å². The molecule has 2 aromatic carbocycles. The maximum absolute atomic E-state index is 11.1. The van der Waals surface area contributed by atoms with Gasteiger partial charge in [0.2, 0.25) is 0 Å². The van der Waals surface area contributed by atoms with Crippen LogP contribution in [0.25, 0.3) is 10.9 Å². The highest BCUT2D eigenvalue weighted by molar-refractivity contribution is 5.95. The van der Waals surface area contributed by atoms with Crippen LogP contribution in [0.4, 0.5) is 0 Å². The molecule has 3 heteroatoms. The van der Waals surface area contributed by atoms with Crippen LogP contribution >= 0.6 is 0 Å². The molecular formula is C17H15NO2. The Morgan fingerprint density at radius 3 is 2.60 bits per heavy atom. The van der Waals surface area contributed by atoms with Crippen molar-refractivity contribution in [2.75, 3.05) is 0 Å². The van der Waals surface area contributed by atoms with Gasteiger partial charge in [-0.2, -0.15) is 0 Å². The minimum Gasteiger partial charge on any atom is -0.478 e. The second-order valence-electron chi connectivity index (χ2n) is 4.96. The molecule has 0 aliphatic rings. The SMILES string of the molecule is Cc1[nH]c2ccc(C(=O)O)cc2c1Cc1ccccc1. The van der Waals surface area contributed by atoms with Crippen molar-refractivity contribution < 1.29 is 9.90 Å². The van der Waals surface area contributed by atoms with Crippen LogP contribution < -0.4 is 0 Å². The first-order valence-corrected chi connectivity index (χ1v) is 6.53. The molecule has 0 aliphatic carbocycles. The van der Waals surface area contributed by atoms with Crippen LogP contribution in [0.2, 0.25) is 0 Å². The highest BCUT2D eigenvalue weighted by Gasteiger charge is 2.11. The molecule has 0 unspecified atom stereocenters. The quantitative estimate of drug-likeness (QED) is 0.757. The van der Waals surface area contributed by atoms with Gasteiger partial charge in [-0.3, -0.25) is 0 Å². The minimum atomic E-state index is -0.892. The van der Waals surface area contributed by atoms with E-state index in [-0.39, 0.29) is 0 Å². The monoisotopic (exact) mass is 265 g/mol. The van der Waals surface area contributed by atoms with E-state index in [0.29, 0.717) is 5.56 Å². The van der Waals surface area contributed by atoms with Crippen LogP contribution in [-0.4, -0.2) is 16.1 Å². The van der Waals surface area contributed by atoms with Gasteiger partial charge >= 0.3 is 5.97 Å². The van der Waals surface area contributed by atoms with Gasteiger partial charge in [0.05, 0.1) is 5.56 Å². The lowest BCUT2D eigenvalue weighted by atomic mass is 10.0. The van der Waals surface area contributed by atoms with Crippen molar-refractivity contribution in [3.63, 3.8) is 0 Å². The van der Waals surface area contributed by atoms with Crippen molar-refractivity contribution >= 4 is 16.9 Å². The van der Waals surface area contributed by atoms with Gasteiger partial charge in [-0.25, -0.2) is 4.79 Å². The van der Waals surface area contributed by atoms with E-state index in [9.17, 15) is 4.79 Å². The number of H-pyrrole nitrogens is 1. The third-order valence-electron chi connectivity index (χ3n) is 3.59. The summed E-state index contributed by atoms with van der Waals surface area (Å²) in [6.07, 6.45) is 0.801. The van der Waals surface area contributed by atoms with Gasteiger partial charge in [0, 0.05) is 16.6 Å². The zero-order valence-electron chi connectivity index (χ0n) is 11.2. The van der Waals surface area contributed by atoms with Gasteiger partial charge < -0.3 is 10.1 Å². The summed E-state index contributed by atoms with van der Waals surface area (Å²) in [5, 5.41) is 10.1. The largest absolute Gasteiger partial charge is 0.478 e. The van der Waals surface area contributed by atoms with Crippen molar-refractivity contribution in [2.24, 2.45) is 0 Å². The summed E-state index contributed by atoms with van der Waals surface area (Å²) in [7, 11) is 0. The third kappa shape index (κ3) is 2.18. The number of aromatic amines is 1. The smallest absolute Gasteiger partial charge is 0.335 e. The Labute approximate surface area is 116 Å². The first-order chi connectivity index (χ1) is 9.65. The fraction of sp³-hybridized carbons (Fsp3) is 0.118. The number of nitrogens with one attached hydrogen (secondary N) is 1. The number of fused-ring (bicyclic) bond motifs is 1. The molecule has 20 heavy (non-hydrogen) atoms. The summed E-state index contributed by atoms with van der Waals surface area (Å²) in [5.74, 6) is -0.892. The molecule has 0 spiro atoms. The number of carboxylic acids is 1. The van der Waals surface area contributed by atoms with E-state index in [0.717, 1.165) is 28.6 Å². The molecule has 0 atom stereocenters. The number of aryl methyl sites for hydroxylation is 1. The first kappa shape index (κ1) is 12.5. The normalized spacial score (nSPS) is 10.8. The fourth-order valence-electron chi connectivity index (χ4n) is 2.54. The molecule has 2 N–H and O–H groups in total. The highest BCUT2D eigenvalue weighted by Crippen LogP contribution is 2.25. The molecule has 100 valence electrons. The number of benzene rings is 2. The Morgan fingerprint density at radius 1 is 1.15 bits per heavy atom. The molecule has 3 nitrogen and oxygen atoms in total. The van der Waals surface area contributed by atoms with Gasteiger partial charge in [-0.05, 0) is 42.7 Å². The van der Waals surface area contributed by atoms with Gasteiger partial charge in [0.1, 0.15) is 0 Å². The summed E-state index contributed by atoms with van der Waals surface area (Å²) >= 11 is 0. The Balaban J connectivity index is 2.11. The van der Waals surface area contributed by atoms with Crippen molar-refractivity contribution in [1.82, 2.24) is 4.98 Å². The van der Waals surface area contributed by atoms with Crippen molar-refractivity contribution in [3.8, 4) is 0 Å². The summed E-state index contributed by atoms with van der Waals surface area (Å²) < 4.78 is 0. The molecule has 0 radical (unpaired) electrons. The molecule has 0 aliphatic heterocycles. The van der Waals surface area contributed by atoms with E-state index < -0.39 is 5.97 Å². The molecule has 0 amide bonds. The van der Waals surface area contributed by atoms with Gasteiger partial charge in [0.15, 0.2) is 0 Å². The second kappa shape index (κ2) is 4.85. The number of rotatable bonds is 3. The van der Waals surface area contributed by atoms with Crippen LogP contribution in [-0.2, 0) is 6.42 Å². The molecule has 3 aromatic rings. The zero-order chi connectivity index (χ0) is 14.1. The Morgan fingerprint density at radius 2 is 1.90 bits per heavy atom. The second-order valence-corrected chi connectivity index (χ2v) is 4.96. The predicted octanol–water partition coefficient (Wildman–Crippen LogP) is 3.77. The first-order valence-electron chi connectivity index (χ1n) is 6.53. The van der Waals surface area contributed by atoms with E-state index in [1.807, 2.05) is 31.2 Å². The Bertz CT molecular complexity index is 772. The molecule has 3 rings (SSSR count). The summed E-state index contributed by atoms with van der Waals surface area (Å²) in [4.78, 5) is 14.4. The summed E-state index contributed by atoms with van der Waals surface area (Å²) in [6, 6.07) is 15.4. The van der Waals surface area contributed by atoms with Crippen LogP contribution in [0, 0.1) is 6.92 Å². The Kier molecular flexibility index (Phi) is 3.03. The molecule has 0 fully saturated rings. The van der Waals surface area contributed by atoms with Crippen LogP contribution in [0.3, 0.4) is 0 Å². The number of carboxylic acid groups (broad SMARTS) is 1. The lowest BCUT2D eigenvalue weighted by Gasteiger charge is -2.03. The third-order valence-corrected chi connectivity index (χ3v) is 3.59. The standard InChI is InChI=1S/C17H15NO2/c1-11-14(9-12-5-3-2-4-6-12)15-10-13(17(19)20)7-8-16(15)18-11/h2-8,10,18H,9H2,1H3,(H,19,20). The number of hydrogen-bond acceptors (Lipinski definition) is 1.